The standard InChI is InChI=1S/C27H30ClFN8O3/c1-3-15-13-32-14-20(15)39-27-34-23-16(25(35-27)37-9-7-36(8-10-37)21(38)4-2)5-6-33-26(23)40-24-17(12-30)19(31)11-18(29)22(24)28/h4-6,11-12,15,20,30,32H,2-3,7-10,13-14,31H2,1H3/t15?,20-/m1/s1. The van der Waals surface area contributed by atoms with E-state index in [1.54, 1.807) is 11.0 Å². The number of carbonyl (C=O) groups excluding carboxylic acids is 1. The van der Waals surface area contributed by atoms with Crippen LogP contribution in [0.4, 0.5) is 15.9 Å². The summed E-state index contributed by atoms with van der Waals surface area (Å²) in [6.45, 7) is 9.22. The Hall–Kier alpha value is -4.03. The highest BCUT2D eigenvalue weighted by Crippen LogP contribution is 2.40. The number of nitrogens with one attached hydrogen (secondary N) is 2. The van der Waals surface area contributed by atoms with E-state index in [-0.39, 0.29) is 45.9 Å². The first-order chi connectivity index (χ1) is 19.3. The lowest BCUT2D eigenvalue weighted by Gasteiger charge is -2.35. The molecule has 2 atom stereocenters. The number of pyridine rings is 1. The maximum Gasteiger partial charge on any atom is 0.319 e. The molecule has 2 saturated heterocycles. The summed E-state index contributed by atoms with van der Waals surface area (Å²) in [5, 5.41) is 11.4. The van der Waals surface area contributed by atoms with Crippen molar-refractivity contribution < 1.29 is 18.7 Å². The Morgan fingerprint density at radius 2 is 2.10 bits per heavy atom. The molecule has 2 aromatic heterocycles. The molecule has 40 heavy (non-hydrogen) atoms. The molecule has 3 aromatic rings. The van der Waals surface area contributed by atoms with Crippen molar-refractivity contribution in [3.8, 4) is 17.6 Å². The number of piperazine rings is 1. The third kappa shape index (κ3) is 5.24. The lowest BCUT2D eigenvalue weighted by atomic mass is 10.0. The van der Waals surface area contributed by atoms with Crippen LogP contribution in [0.3, 0.4) is 0 Å². The molecule has 0 saturated carbocycles. The number of aromatic nitrogens is 3. The van der Waals surface area contributed by atoms with E-state index in [1.807, 2.05) is 4.90 Å². The fourth-order valence-electron chi connectivity index (χ4n) is 5.00. The van der Waals surface area contributed by atoms with Gasteiger partial charge in [0.15, 0.2) is 5.75 Å². The lowest BCUT2D eigenvalue weighted by Crippen LogP contribution is -2.48. The van der Waals surface area contributed by atoms with Crippen LogP contribution in [-0.2, 0) is 4.79 Å². The highest BCUT2D eigenvalue weighted by Gasteiger charge is 2.30. The molecule has 2 fully saturated rings. The molecule has 0 aliphatic carbocycles. The second-order valence-electron chi connectivity index (χ2n) is 9.59. The zero-order valence-corrected chi connectivity index (χ0v) is 22.7. The van der Waals surface area contributed by atoms with Crippen molar-refractivity contribution in [1.29, 1.82) is 5.41 Å². The van der Waals surface area contributed by atoms with Gasteiger partial charge < -0.3 is 35.7 Å². The lowest BCUT2D eigenvalue weighted by molar-refractivity contribution is -0.126. The van der Waals surface area contributed by atoms with Crippen molar-refractivity contribution in [3.05, 3.63) is 47.4 Å². The van der Waals surface area contributed by atoms with E-state index >= 15 is 0 Å². The molecule has 0 bridgehead atoms. The van der Waals surface area contributed by atoms with Crippen molar-refractivity contribution >= 4 is 46.1 Å². The number of nitrogens with two attached hydrogens (primary N) is 1. The molecule has 1 unspecified atom stereocenters. The molecule has 0 radical (unpaired) electrons. The predicted octanol–water partition coefficient (Wildman–Crippen LogP) is 3.40. The fourth-order valence-corrected chi connectivity index (χ4v) is 5.20. The van der Waals surface area contributed by atoms with Gasteiger partial charge in [-0.25, -0.2) is 9.37 Å². The summed E-state index contributed by atoms with van der Waals surface area (Å²) < 4.78 is 26.8. The van der Waals surface area contributed by atoms with Crippen molar-refractivity contribution in [3.63, 3.8) is 0 Å². The highest BCUT2D eigenvalue weighted by atomic mass is 35.5. The Morgan fingerprint density at radius 3 is 2.80 bits per heavy atom. The maximum atomic E-state index is 14.5. The van der Waals surface area contributed by atoms with E-state index < -0.39 is 5.82 Å². The maximum absolute atomic E-state index is 14.5. The number of halogens is 2. The number of ether oxygens (including phenoxy) is 2. The number of amides is 1. The van der Waals surface area contributed by atoms with Crippen LogP contribution in [-0.4, -0.2) is 77.3 Å². The molecule has 2 aliphatic rings. The molecule has 210 valence electrons. The predicted molar refractivity (Wildman–Crippen MR) is 151 cm³/mol. The topological polar surface area (TPSA) is 143 Å². The van der Waals surface area contributed by atoms with Gasteiger partial charge in [-0.2, -0.15) is 9.97 Å². The molecule has 1 aromatic carbocycles. The Kier molecular flexibility index (Phi) is 7.99. The molecule has 5 rings (SSSR count). The SMILES string of the molecule is C=CC(=O)N1CCN(c2nc(O[C@@H]3CNCC3CC)nc3c(Oc4c(Cl)c(F)cc(N)c4C=N)nccc23)CC1. The molecule has 13 heteroatoms. The van der Waals surface area contributed by atoms with Gasteiger partial charge in [0.25, 0.3) is 0 Å². The second-order valence-corrected chi connectivity index (χ2v) is 9.97. The van der Waals surface area contributed by atoms with Crippen LogP contribution < -0.4 is 25.4 Å². The summed E-state index contributed by atoms with van der Waals surface area (Å²) in [6, 6.07) is 2.94. The fraction of sp³-hybridized carbons (Fsp3) is 0.370. The summed E-state index contributed by atoms with van der Waals surface area (Å²) in [6.07, 6.45) is 4.58. The number of rotatable bonds is 8. The minimum Gasteiger partial charge on any atom is -0.458 e. The zero-order chi connectivity index (χ0) is 28.4. The van der Waals surface area contributed by atoms with Crippen molar-refractivity contribution in [1.82, 2.24) is 25.2 Å². The van der Waals surface area contributed by atoms with Crippen molar-refractivity contribution in [2.24, 2.45) is 5.92 Å². The average Bonchev–Trinajstić information content (AvgIpc) is 3.42. The van der Waals surface area contributed by atoms with Crippen LogP contribution in [0.5, 0.6) is 17.6 Å². The summed E-state index contributed by atoms with van der Waals surface area (Å²) >= 11 is 6.23. The Morgan fingerprint density at radius 1 is 1.32 bits per heavy atom. The van der Waals surface area contributed by atoms with Crippen LogP contribution in [0.2, 0.25) is 5.02 Å². The van der Waals surface area contributed by atoms with Gasteiger partial charge in [-0.1, -0.05) is 25.1 Å². The second kappa shape index (κ2) is 11.6. The molecular weight excluding hydrogens is 539 g/mol. The number of fused-ring (bicyclic) bond motifs is 1. The van der Waals surface area contributed by atoms with Gasteiger partial charge in [0.05, 0.1) is 10.9 Å². The van der Waals surface area contributed by atoms with Gasteiger partial charge in [-0.05, 0) is 24.6 Å². The quantitative estimate of drug-likeness (QED) is 0.212. The van der Waals surface area contributed by atoms with Crippen molar-refractivity contribution in [2.45, 2.75) is 19.4 Å². The van der Waals surface area contributed by atoms with Gasteiger partial charge in [0.1, 0.15) is 28.3 Å². The average molecular weight is 569 g/mol. The van der Waals surface area contributed by atoms with Crippen LogP contribution in [0, 0.1) is 17.1 Å². The number of hydrogen-bond acceptors (Lipinski definition) is 10. The van der Waals surface area contributed by atoms with E-state index in [0.717, 1.165) is 25.2 Å². The van der Waals surface area contributed by atoms with Gasteiger partial charge in [0, 0.05) is 63.3 Å². The van der Waals surface area contributed by atoms with E-state index in [0.29, 0.717) is 55.4 Å². The Balaban J connectivity index is 1.59. The minimum absolute atomic E-state index is 0.00208. The number of nitrogens with zero attached hydrogens (tertiary/aromatic N) is 5. The van der Waals surface area contributed by atoms with Gasteiger partial charge >= 0.3 is 6.01 Å². The van der Waals surface area contributed by atoms with Crippen LogP contribution in [0.25, 0.3) is 10.9 Å². The normalized spacial score (nSPS) is 19.1. The monoisotopic (exact) mass is 568 g/mol. The molecule has 11 nitrogen and oxygen atoms in total. The Bertz CT molecular complexity index is 1460. The van der Waals surface area contributed by atoms with E-state index in [4.69, 9.17) is 37.2 Å². The molecule has 4 N–H and O–H groups in total. The third-order valence-corrected chi connectivity index (χ3v) is 7.61. The molecule has 4 heterocycles. The third-order valence-electron chi connectivity index (χ3n) is 7.26. The minimum atomic E-state index is -0.786. The largest absolute Gasteiger partial charge is 0.458 e. The van der Waals surface area contributed by atoms with Crippen LogP contribution >= 0.6 is 11.6 Å². The molecule has 1 amide bonds. The molecule has 2 aliphatic heterocycles. The van der Waals surface area contributed by atoms with Gasteiger partial charge in [-0.3, -0.25) is 4.79 Å². The summed E-state index contributed by atoms with van der Waals surface area (Å²) in [5.74, 6) is -0.133. The van der Waals surface area contributed by atoms with Crippen LogP contribution in [0.1, 0.15) is 18.9 Å². The summed E-state index contributed by atoms with van der Waals surface area (Å²) in [4.78, 5) is 29.7. The molecular formula is C27H30ClFN8O3. The van der Waals surface area contributed by atoms with Gasteiger partial charge in [0.2, 0.25) is 11.8 Å². The number of anilines is 2. The highest BCUT2D eigenvalue weighted by molar-refractivity contribution is 6.33. The summed E-state index contributed by atoms with van der Waals surface area (Å²) in [5.41, 5.74) is 6.36. The smallest absolute Gasteiger partial charge is 0.319 e. The van der Waals surface area contributed by atoms with E-state index in [2.05, 4.69) is 28.8 Å². The zero-order valence-electron chi connectivity index (χ0n) is 22.0. The first-order valence-corrected chi connectivity index (χ1v) is 13.4. The van der Waals surface area contributed by atoms with Gasteiger partial charge in [-0.15, -0.1) is 0 Å². The van der Waals surface area contributed by atoms with Crippen LogP contribution in [0.15, 0.2) is 31.0 Å². The molecule has 0 spiro atoms. The number of carbonyl (C=O) groups is 1. The Labute approximate surface area is 235 Å². The first kappa shape index (κ1) is 27.5. The summed E-state index contributed by atoms with van der Waals surface area (Å²) in [7, 11) is 0. The number of hydrogen-bond donors (Lipinski definition) is 3. The number of benzene rings is 1. The number of nitrogen functional groups attached to an aromatic ring is 1. The van der Waals surface area contributed by atoms with E-state index in [9.17, 15) is 9.18 Å². The van der Waals surface area contributed by atoms with E-state index in [1.165, 1.54) is 12.3 Å². The first-order valence-electron chi connectivity index (χ1n) is 13.0. The van der Waals surface area contributed by atoms with Crippen molar-refractivity contribution in [2.75, 3.05) is 49.9 Å².